The van der Waals surface area contributed by atoms with E-state index in [0.717, 1.165) is 24.7 Å². The van der Waals surface area contributed by atoms with Crippen molar-refractivity contribution in [2.45, 2.75) is 25.1 Å². The molecule has 25 heavy (non-hydrogen) atoms. The molecule has 1 saturated heterocycles. The van der Waals surface area contributed by atoms with E-state index < -0.39 is 11.7 Å². The number of nitriles is 1. The van der Waals surface area contributed by atoms with Crippen molar-refractivity contribution in [2.24, 2.45) is 0 Å². The zero-order valence-electron chi connectivity index (χ0n) is 13.3. The Morgan fingerprint density at radius 3 is 2.56 bits per heavy atom. The van der Waals surface area contributed by atoms with Crippen molar-refractivity contribution >= 4 is 11.5 Å². The first-order valence-electron chi connectivity index (χ1n) is 7.87. The van der Waals surface area contributed by atoms with Crippen LogP contribution in [0.1, 0.15) is 24.0 Å². The van der Waals surface area contributed by atoms with Crippen LogP contribution in [0, 0.1) is 11.3 Å². The van der Waals surface area contributed by atoms with Crippen molar-refractivity contribution in [3.63, 3.8) is 0 Å². The number of rotatable bonds is 3. The molecule has 1 fully saturated rings. The van der Waals surface area contributed by atoms with Crippen LogP contribution in [0.25, 0.3) is 0 Å². The molecule has 8 heteroatoms. The summed E-state index contributed by atoms with van der Waals surface area (Å²) in [6, 6.07) is 7.56. The number of nitrogens with one attached hydrogen (secondary N) is 1. The Hall–Kier alpha value is -2.82. The Bertz CT molecular complexity index is 762. The summed E-state index contributed by atoms with van der Waals surface area (Å²) in [5.74, 6) is 0.727. The number of benzene rings is 1. The highest BCUT2D eigenvalue weighted by Crippen LogP contribution is 2.36. The average molecular weight is 347 g/mol. The first-order valence-corrected chi connectivity index (χ1v) is 7.87. The van der Waals surface area contributed by atoms with Crippen LogP contribution in [0.4, 0.5) is 24.7 Å². The quantitative estimate of drug-likeness (QED) is 0.921. The number of nitrogens with zero attached hydrogens (tertiary/aromatic N) is 4. The standard InChI is InChI=1S/C17H16F3N5/c18-17(19,20)14-2-1-3-15(13(14)10-21)25-8-5-12(6-9-25)24-16-4-7-22-11-23-16/h1-4,7,11-12H,5-6,8-9H2,(H,22,23,24). The van der Waals surface area contributed by atoms with Crippen molar-refractivity contribution in [1.82, 2.24) is 9.97 Å². The molecule has 0 saturated carbocycles. The van der Waals surface area contributed by atoms with E-state index in [9.17, 15) is 18.4 Å². The van der Waals surface area contributed by atoms with Gasteiger partial charge in [0.2, 0.25) is 0 Å². The Balaban J connectivity index is 1.72. The van der Waals surface area contributed by atoms with E-state index in [1.807, 2.05) is 4.90 Å². The summed E-state index contributed by atoms with van der Waals surface area (Å²) in [5, 5.41) is 12.5. The number of halogens is 3. The van der Waals surface area contributed by atoms with Gasteiger partial charge < -0.3 is 10.2 Å². The van der Waals surface area contributed by atoms with E-state index in [4.69, 9.17) is 0 Å². The normalized spacial score (nSPS) is 15.7. The molecule has 2 heterocycles. The summed E-state index contributed by atoms with van der Waals surface area (Å²) in [7, 11) is 0. The molecule has 1 N–H and O–H groups in total. The zero-order chi connectivity index (χ0) is 17.9. The number of anilines is 2. The van der Waals surface area contributed by atoms with Crippen molar-refractivity contribution < 1.29 is 13.2 Å². The molecule has 0 unspecified atom stereocenters. The molecule has 0 bridgehead atoms. The van der Waals surface area contributed by atoms with Gasteiger partial charge in [0.1, 0.15) is 18.2 Å². The van der Waals surface area contributed by atoms with Crippen molar-refractivity contribution in [1.29, 1.82) is 5.26 Å². The predicted octanol–water partition coefficient (Wildman–Crippen LogP) is 3.45. The summed E-state index contributed by atoms with van der Waals surface area (Å²) in [6.07, 6.45) is 0.0514. The van der Waals surface area contributed by atoms with E-state index in [-0.39, 0.29) is 11.6 Å². The van der Waals surface area contributed by atoms with E-state index in [1.54, 1.807) is 24.4 Å². The molecule has 5 nitrogen and oxygen atoms in total. The van der Waals surface area contributed by atoms with Crippen LogP contribution >= 0.6 is 0 Å². The zero-order valence-corrected chi connectivity index (χ0v) is 13.3. The van der Waals surface area contributed by atoms with Crippen molar-refractivity contribution in [3.05, 3.63) is 47.9 Å². The second-order valence-corrected chi connectivity index (χ2v) is 5.81. The Labute approximate surface area is 143 Å². The maximum atomic E-state index is 13.1. The van der Waals surface area contributed by atoms with Crippen LogP contribution in [0.3, 0.4) is 0 Å². The van der Waals surface area contributed by atoms with Gasteiger partial charge in [0, 0.05) is 25.3 Å². The summed E-state index contributed by atoms with van der Waals surface area (Å²) in [4.78, 5) is 9.81. The van der Waals surface area contributed by atoms with Gasteiger partial charge in [0.25, 0.3) is 0 Å². The lowest BCUT2D eigenvalue weighted by molar-refractivity contribution is -0.137. The number of alkyl halides is 3. The molecular formula is C17H16F3N5. The number of hydrogen-bond donors (Lipinski definition) is 1. The molecular weight excluding hydrogens is 331 g/mol. The molecule has 1 aliphatic rings. The molecule has 0 aliphatic carbocycles. The van der Waals surface area contributed by atoms with E-state index in [1.165, 1.54) is 12.4 Å². The van der Waals surface area contributed by atoms with Gasteiger partial charge in [-0.2, -0.15) is 18.4 Å². The van der Waals surface area contributed by atoms with Gasteiger partial charge in [-0.05, 0) is 31.0 Å². The highest BCUT2D eigenvalue weighted by Gasteiger charge is 2.35. The highest BCUT2D eigenvalue weighted by atomic mass is 19.4. The Morgan fingerprint density at radius 1 is 1.20 bits per heavy atom. The first-order chi connectivity index (χ1) is 12.0. The SMILES string of the molecule is N#Cc1c(N2CCC(Nc3ccncn3)CC2)cccc1C(F)(F)F. The van der Waals surface area contributed by atoms with Gasteiger partial charge in [-0.25, -0.2) is 9.97 Å². The van der Waals surface area contributed by atoms with Crippen LogP contribution in [-0.4, -0.2) is 29.1 Å². The molecule has 3 rings (SSSR count). The minimum absolute atomic E-state index is 0.183. The molecule has 0 amide bonds. The lowest BCUT2D eigenvalue weighted by Gasteiger charge is -2.35. The van der Waals surface area contributed by atoms with Crippen LogP contribution in [0.2, 0.25) is 0 Å². The molecule has 1 aliphatic heterocycles. The third-order valence-corrected chi connectivity index (χ3v) is 4.23. The lowest BCUT2D eigenvalue weighted by atomic mass is 10.0. The fourth-order valence-electron chi connectivity index (χ4n) is 3.01. The topological polar surface area (TPSA) is 64.8 Å². The fourth-order valence-corrected chi connectivity index (χ4v) is 3.01. The number of hydrogen-bond acceptors (Lipinski definition) is 5. The summed E-state index contributed by atoms with van der Waals surface area (Å²) < 4.78 is 39.3. The second kappa shape index (κ2) is 6.97. The maximum Gasteiger partial charge on any atom is 0.417 e. The van der Waals surface area contributed by atoms with Crippen LogP contribution < -0.4 is 10.2 Å². The monoisotopic (exact) mass is 347 g/mol. The summed E-state index contributed by atoms with van der Waals surface area (Å²) in [5.41, 5.74) is -0.844. The number of aromatic nitrogens is 2. The second-order valence-electron chi connectivity index (χ2n) is 5.81. The van der Waals surface area contributed by atoms with Gasteiger partial charge in [-0.3, -0.25) is 0 Å². The molecule has 1 aromatic heterocycles. The van der Waals surface area contributed by atoms with Gasteiger partial charge in [0.05, 0.1) is 16.8 Å². The smallest absolute Gasteiger partial charge is 0.370 e. The molecule has 0 spiro atoms. The minimum atomic E-state index is -4.53. The van der Waals surface area contributed by atoms with E-state index in [2.05, 4.69) is 15.3 Å². The van der Waals surface area contributed by atoms with Crippen LogP contribution in [-0.2, 0) is 6.18 Å². The Kier molecular flexibility index (Phi) is 4.74. The Morgan fingerprint density at radius 2 is 1.96 bits per heavy atom. The highest BCUT2D eigenvalue weighted by molar-refractivity contribution is 5.63. The fraction of sp³-hybridized carbons (Fsp3) is 0.353. The first kappa shape index (κ1) is 17.0. The molecule has 1 aromatic carbocycles. The van der Waals surface area contributed by atoms with Gasteiger partial charge in [-0.1, -0.05) is 6.07 Å². The van der Waals surface area contributed by atoms with Crippen molar-refractivity contribution in [2.75, 3.05) is 23.3 Å². The molecule has 130 valence electrons. The number of piperidine rings is 1. The third-order valence-electron chi connectivity index (χ3n) is 4.23. The predicted molar refractivity (Wildman–Crippen MR) is 87.0 cm³/mol. The maximum absolute atomic E-state index is 13.1. The largest absolute Gasteiger partial charge is 0.417 e. The minimum Gasteiger partial charge on any atom is -0.370 e. The van der Waals surface area contributed by atoms with Crippen LogP contribution in [0.15, 0.2) is 36.8 Å². The molecule has 2 aromatic rings. The van der Waals surface area contributed by atoms with Gasteiger partial charge >= 0.3 is 6.18 Å². The molecule has 0 atom stereocenters. The van der Waals surface area contributed by atoms with E-state index in [0.29, 0.717) is 18.8 Å². The van der Waals surface area contributed by atoms with Crippen molar-refractivity contribution in [3.8, 4) is 6.07 Å². The third kappa shape index (κ3) is 3.82. The van der Waals surface area contributed by atoms with Gasteiger partial charge in [0.15, 0.2) is 0 Å². The molecule has 0 radical (unpaired) electrons. The summed E-state index contributed by atoms with van der Waals surface area (Å²) >= 11 is 0. The average Bonchev–Trinajstić information content (AvgIpc) is 2.62. The van der Waals surface area contributed by atoms with Gasteiger partial charge in [-0.15, -0.1) is 0 Å². The van der Waals surface area contributed by atoms with Crippen LogP contribution in [0.5, 0.6) is 0 Å². The summed E-state index contributed by atoms with van der Waals surface area (Å²) in [6.45, 7) is 1.14. The van der Waals surface area contributed by atoms with E-state index >= 15 is 0 Å². The lowest BCUT2D eigenvalue weighted by Crippen LogP contribution is -2.39.